The second-order valence-corrected chi connectivity index (χ2v) is 5.37. The fraction of sp³-hybridized carbons (Fsp3) is 0.429. The molecule has 0 bridgehead atoms. The smallest absolute Gasteiger partial charge is 0.384 e. The van der Waals surface area contributed by atoms with E-state index in [1.54, 1.807) is 4.90 Å². The Hall–Kier alpha value is -1.93. The normalized spacial score (nSPS) is 23.1. The third-order valence-electron chi connectivity index (χ3n) is 3.72. The predicted octanol–water partition coefficient (Wildman–Crippen LogP) is 2.18. The van der Waals surface area contributed by atoms with Gasteiger partial charge in [0.15, 0.2) is 0 Å². The van der Waals surface area contributed by atoms with Crippen LogP contribution in [0.4, 0.5) is 13.2 Å². The topological polar surface area (TPSA) is 62.4 Å². The molecule has 1 aliphatic rings. The van der Waals surface area contributed by atoms with Crippen LogP contribution in [0, 0.1) is 0 Å². The number of likely N-dealkylation sites (tertiary alicyclic amines) is 1. The monoisotopic (exact) mass is 313 g/mol. The maximum Gasteiger partial charge on any atom is 0.455 e. The molecule has 5 nitrogen and oxygen atoms in total. The van der Waals surface area contributed by atoms with Crippen LogP contribution >= 0.6 is 0 Å². The minimum Gasteiger partial charge on any atom is -0.384 e. The van der Waals surface area contributed by atoms with Gasteiger partial charge in [-0.3, -0.25) is 4.90 Å². The van der Waals surface area contributed by atoms with Gasteiger partial charge in [0.2, 0.25) is 5.89 Å². The molecule has 1 fully saturated rings. The molecule has 118 valence electrons. The largest absolute Gasteiger partial charge is 0.455 e. The summed E-state index contributed by atoms with van der Waals surface area (Å²) in [5, 5.41) is 13.6. The molecular formula is C14H14F3N3O2. The SMILES string of the molecule is OC1(c2ccccc2)CCN(Cc2nc(C(F)(F)F)no2)C1. The number of nitrogens with zero attached hydrogens (tertiary/aromatic N) is 3. The number of halogens is 3. The van der Waals surface area contributed by atoms with Gasteiger partial charge in [0.1, 0.15) is 5.60 Å². The van der Waals surface area contributed by atoms with Gasteiger partial charge in [-0.2, -0.15) is 18.2 Å². The van der Waals surface area contributed by atoms with Crippen LogP contribution in [-0.2, 0) is 18.3 Å². The first-order chi connectivity index (χ1) is 10.4. The molecule has 2 aromatic rings. The summed E-state index contributed by atoms with van der Waals surface area (Å²) in [6.45, 7) is 0.925. The Labute approximate surface area is 124 Å². The standard InChI is InChI=1S/C14H14F3N3O2/c15-14(16,17)12-18-11(22-19-12)8-20-7-6-13(21,9-20)10-4-2-1-3-5-10/h1-5,21H,6-9H2. The lowest BCUT2D eigenvalue weighted by Crippen LogP contribution is -2.30. The van der Waals surface area contributed by atoms with Crippen LogP contribution in [0.3, 0.4) is 0 Å². The molecule has 0 radical (unpaired) electrons. The summed E-state index contributed by atoms with van der Waals surface area (Å²) >= 11 is 0. The quantitative estimate of drug-likeness (QED) is 0.941. The van der Waals surface area contributed by atoms with E-state index in [9.17, 15) is 18.3 Å². The summed E-state index contributed by atoms with van der Waals surface area (Å²) in [5.74, 6) is -1.38. The Balaban J connectivity index is 1.67. The number of β-amino-alcohol motifs (C(OH)–C–C–N with tert-alkyl or cyclic N) is 1. The third kappa shape index (κ3) is 2.97. The van der Waals surface area contributed by atoms with Crippen LogP contribution < -0.4 is 0 Å². The summed E-state index contributed by atoms with van der Waals surface area (Å²) in [5.41, 5.74) is -0.215. The van der Waals surface area contributed by atoms with Gasteiger partial charge in [-0.05, 0) is 12.0 Å². The Kier molecular flexibility index (Phi) is 3.65. The summed E-state index contributed by atoms with van der Waals surface area (Å²) in [6, 6.07) is 9.19. The molecule has 22 heavy (non-hydrogen) atoms. The van der Waals surface area contributed by atoms with Gasteiger partial charge in [0.05, 0.1) is 6.54 Å². The van der Waals surface area contributed by atoms with Crippen LogP contribution in [-0.4, -0.2) is 33.2 Å². The number of hydrogen-bond donors (Lipinski definition) is 1. The van der Waals surface area contributed by atoms with Crippen molar-refractivity contribution in [2.75, 3.05) is 13.1 Å². The molecule has 1 atom stereocenters. The molecule has 0 saturated carbocycles. The van der Waals surface area contributed by atoms with Crippen molar-refractivity contribution in [1.82, 2.24) is 15.0 Å². The van der Waals surface area contributed by atoms with Crippen LogP contribution in [0.2, 0.25) is 0 Å². The second-order valence-electron chi connectivity index (χ2n) is 5.37. The number of alkyl halides is 3. The molecule has 1 aromatic heterocycles. The van der Waals surface area contributed by atoms with E-state index >= 15 is 0 Å². The molecule has 0 aliphatic carbocycles. The summed E-state index contributed by atoms with van der Waals surface area (Å²) < 4.78 is 41.9. The first kappa shape index (κ1) is 15.0. The number of hydrogen-bond acceptors (Lipinski definition) is 5. The fourth-order valence-corrected chi connectivity index (χ4v) is 2.62. The molecule has 1 unspecified atom stereocenters. The van der Waals surface area contributed by atoms with Gasteiger partial charge in [0.25, 0.3) is 5.82 Å². The van der Waals surface area contributed by atoms with Gasteiger partial charge in [-0.15, -0.1) is 0 Å². The molecule has 1 aromatic carbocycles. The minimum atomic E-state index is -4.61. The summed E-state index contributed by atoms with van der Waals surface area (Å²) in [6.07, 6.45) is -4.12. The second kappa shape index (κ2) is 5.36. The maximum absolute atomic E-state index is 12.4. The molecule has 1 aliphatic heterocycles. The number of rotatable bonds is 3. The van der Waals surface area contributed by atoms with E-state index in [-0.39, 0.29) is 12.4 Å². The highest BCUT2D eigenvalue weighted by molar-refractivity contribution is 5.24. The summed E-state index contributed by atoms with van der Waals surface area (Å²) in [7, 11) is 0. The van der Waals surface area contributed by atoms with E-state index in [1.807, 2.05) is 30.3 Å². The van der Waals surface area contributed by atoms with Crippen molar-refractivity contribution in [2.24, 2.45) is 0 Å². The Morgan fingerprint density at radius 1 is 1.27 bits per heavy atom. The first-order valence-corrected chi connectivity index (χ1v) is 6.77. The molecule has 3 rings (SSSR count). The Bertz CT molecular complexity index is 644. The zero-order chi connectivity index (χ0) is 15.8. The maximum atomic E-state index is 12.4. The average molecular weight is 313 g/mol. The van der Waals surface area contributed by atoms with Crippen molar-refractivity contribution >= 4 is 0 Å². The fourth-order valence-electron chi connectivity index (χ4n) is 2.62. The van der Waals surface area contributed by atoms with Gasteiger partial charge in [-0.25, -0.2) is 0 Å². The molecule has 0 amide bonds. The average Bonchev–Trinajstić information content (AvgIpc) is 3.08. The van der Waals surface area contributed by atoms with E-state index in [0.29, 0.717) is 19.5 Å². The highest BCUT2D eigenvalue weighted by Crippen LogP contribution is 2.32. The highest BCUT2D eigenvalue weighted by Gasteiger charge is 2.40. The Morgan fingerprint density at radius 3 is 2.64 bits per heavy atom. The van der Waals surface area contributed by atoms with Crippen LogP contribution in [0.15, 0.2) is 34.9 Å². The van der Waals surface area contributed by atoms with E-state index in [0.717, 1.165) is 5.56 Å². The van der Waals surface area contributed by atoms with Crippen molar-refractivity contribution in [2.45, 2.75) is 24.7 Å². The predicted molar refractivity (Wildman–Crippen MR) is 69.5 cm³/mol. The zero-order valence-corrected chi connectivity index (χ0v) is 11.5. The third-order valence-corrected chi connectivity index (χ3v) is 3.72. The Morgan fingerprint density at radius 2 is 2.00 bits per heavy atom. The number of aromatic nitrogens is 2. The molecule has 8 heteroatoms. The molecular weight excluding hydrogens is 299 g/mol. The van der Waals surface area contributed by atoms with E-state index in [2.05, 4.69) is 14.7 Å². The van der Waals surface area contributed by atoms with Crippen LogP contribution in [0.5, 0.6) is 0 Å². The van der Waals surface area contributed by atoms with Crippen LogP contribution in [0.1, 0.15) is 23.7 Å². The number of aliphatic hydroxyl groups is 1. The van der Waals surface area contributed by atoms with Crippen molar-refractivity contribution in [1.29, 1.82) is 0 Å². The summed E-state index contributed by atoms with van der Waals surface area (Å²) in [4.78, 5) is 5.13. The van der Waals surface area contributed by atoms with E-state index in [4.69, 9.17) is 0 Å². The zero-order valence-electron chi connectivity index (χ0n) is 11.5. The van der Waals surface area contributed by atoms with E-state index < -0.39 is 17.6 Å². The minimum absolute atomic E-state index is 0.0816. The van der Waals surface area contributed by atoms with Gasteiger partial charge in [-0.1, -0.05) is 35.5 Å². The van der Waals surface area contributed by atoms with Crippen molar-refractivity contribution in [3.05, 3.63) is 47.6 Å². The molecule has 0 spiro atoms. The molecule has 1 saturated heterocycles. The van der Waals surface area contributed by atoms with Gasteiger partial charge in [0, 0.05) is 13.1 Å². The highest BCUT2D eigenvalue weighted by atomic mass is 19.4. The van der Waals surface area contributed by atoms with Crippen molar-refractivity contribution < 1.29 is 22.8 Å². The first-order valence-electron chi connectivity index (χ1n) is 6.77. The van der Waals surface area contributed by atoms with Gasteiger partial charge >= 0.3 is 6.18 Å². The number of benzene rings is 1. The van der Waals surface area contributed by atoms with Crippen LogP contribution in [0.25, 0.3) is 0 Å². The lowest BCUT2D eigenvalue weighted by molar-refractivity contribution is -0.146. The lowest BCUT2D eigenvalue weighted by Gasteiger charge is -2.23. The lowest BCUT2D eigenvalue weighted by atomic mass is 9.93. The van der Waals surface area contributed by atoms with Gasteiger partial charge < -0.3 is 9.63 Å². The molecule has 2 heterocycles. The van der Waals surface area contributed by atoms with E-state index in [1.165, 1.54) is 0 Å². The van der Waals surface area contributed by atoms with Crippen molar-refractivity contribution in [3.8, 4) is 0 Å². The van der Waals surface area contributed by atoms with Crippen molar-refractivity contribution in [3.63, 3.8) is 0 Å². The molecule has 1 N–H and O–H groups in total.